The van der Waals surface area contributed by atoms with Crippen LogP contribution in [-0.2, 0) is 11.3 Å². The molecule has 0 saturated heterocycles. The number of fused-ring (bicyclic) bond motifs is 1. The highest BCUT2D eigenvalue weighted by Gasteiger charge is 2.30. The summed E-state index contributed by atoms with van der Waals surface area (Å²) in [4.78, 5) is 11.9. The van der Waals surface area contributed by atoms with Crippen molar-refractivity contribution in [1.82, 2.24) is 0 Å². The summed E-state index contributed by atoms with van der Waals surface area (Å²) in [6, 6.07) is 2.90. The molecule has 0 atom stereocenters. The molecular formula is C12H11BClF3O3. The number of Topliss-reactive ketones (excluding diaryl/α,β-unsaturated/α-hetero) is 1. The molecule has 3 nitrogen and oxygen atoms in total. The zero-order valence-corrected chi connectivity index (χ0v) is 11.1. The van der Waals surface area contributed by atoms with Crippen molar-refractivity contribution in [2.24, 2.45) is 0 Å². The minimum atomic E-state index is -4.27. The highest BCUT2D eigenvalue weighted by molar-refractivity contribution is 6.61. The second kappa shape index (κ2) is 5.75. The number of alkyl halides is 3. The normalized spacial score (nSPS) is 14.6. The number of carbonyl (C=O) groups is 1. The summed E-state index contributed by atoms with van der Waals surface area (Å²) in [6.07, 6.45) is -5.80. The summed E-state index contributed by atoms with van der Waals surface area (Å²) in [5.41, 5.74) is 1.24. The Bertz CT molecular complexity index is 533. The van der Waals surface area contributed by atoms with E-state index in [-0.39, 0.29) is 30.0 Å². The van der Waals surface area contributed by atoms with Gasteiger partial charge in [0.1, 0.15) is 0 Å². The molecule has 0 bridgehead atoms. The van der Waals surface area contributed by atoms with Crippen molar-refractivity contribution in [1.29, 1.82) is 0 Å². The molecule has 0 aliphatic carbocycles. The standard InChI is InChI=1S/C12H11BClF3O3/c14-10-4-7-6-20-13(19)9(7)5-8(10)11(18)2-1-3-12(15,16)17/h4-5,19H,1-3,6H2. The molecule has 1 heterocycles. The van der Waals surface area contributed by atoms with Crippen LogP contribution in [0.3, 0.4) is 0 Å². The van der Waals surface area contributed by atoms with Gasteiger partial charge in [-0.1, -0.05) is 11.6 Å². The van der Waals surface area contributed by atoms with Crippen molar-refractivity contribution < 1.29 is 27.6 Å². The summed E-state index contributed by atoms with van der Waals surface area (Å²) < 4.78 is 41.1. The number of ketones is 1. The third kappa shape index (κ3) is 3.53. The fourth-order valence-electron chi connectivity index (χ4n) is 2.04. The predicted octanol–water partition coefficient (Wildman–Crippen LogP) is 2.47. The van der Waals surface area contributed by atoms with Gasteiger partial charge in [-0.2, -0.15) is 13.2 Å². The highest BCUT2D eigenvalue weighted by atomic mass is 35.5. The van der Waals surface area contributed by atoms with E-state index in [0.717, 1.165) is 0 Å². The smallest absolute Gasteiger partial charge is 0.423 e. The van der Waals surface area contributed by atoms with Crippen molar-refractivity contribution in [3.8, 4) is 0 Å². The molecule has 0 amide bonds. The lowest BCUT2D eigenvalue weighted by atomic mass is 9.78. The van der Waals surface area contributed by atoms with Crippen LogP contribution in [0.25, 0.3) is 0 Å². The SMILES string of the molecule is O=C(CCCC(F)(F)F)c1cc2c(cc1Cl)COB2O. The van der Waals surface area contributed by atoms with Crippen LogP contribution in [0.2, 0.25) is 5.02 Å². The summed E-state index contributed by atoms with van der Waals surface area (Å²) in [7, 11) is -1.12. The van der Waals surface area contributed by atoms with Gasteiger partial charge in [0.05, 0.1) is 11.6 Å². The molecule has 0 saturated carbocycles. The maximum atomic E-state index is 12.0. The van der Waals surface area contributed by atoms with Gasteiger partial charge < -0.3 is 9.68 Å². The van der Waals surface area contributed by atoms with Crippen molar-refractivity contribution >= 4 is 30.0 Å². The highest BCUT2D eigenvalue weighted by Crippen LogP contribution is 2.25. The third-order valence-electron chi connectivity index (χ3n) is 3.06. The van der Waals surface area contributed by atoms with Crippen LogP contribution in [-0.4, -0.2) is 24.1 Å². The Morgan fingerprint density at radius 1 is 1.45 bits per heavy atom. The van der Waals surface area contributed by atoms with Gasteiger partial charge in [0.15, 0.2) is 5.78 Å². The fraction of sp³-hybridized carbons (Fsp3) is 0.417. The zero-order valence-electron chi connectivity index (χ0n) is 10.3. The Morgan fingerprint density at radius 2 is 2.15 bits per heavy atom. The number of rotatable bonds is 4. The molecule has 1 aliphatic rings. The second-order valence-corrected chi connectivity index (χ2v) is 4.99. The third-order valence-corrected chi connectivity index (χ3v) is 3.37. The van der Waals surface area contributed by atoms with E-state index < -0.39 is 25.5 Å². The van der Waals surface area contributed by atoms with E-state index in [1.54, 1.807) is 0 Å². The van der Waals surface area contributed by atoms with Crippen LogP contribution in [0.15, 0.2) is 12.1 Å². The van der Waals surface area contributed by atoms with Crippen LogP contribution >= 0.6 is 11.6 Å². The van der Waals surface area contributed by atoms with E-state index >= 15 is 0 Å². The van der Waals surface area contributed by atoms with Gasteiger partial charge in [-0.15, -0.1) is 0 Å². The summed E-state index contributed by atoms with van der Waals surface area (Å²) in [6.45, 7) is 0.193. The van der Waals surface area contributed by atoms with Gasteiger partial charge in [0, 0.05) is 18.4 Å². The van der Waals surface area contributed by atoms with Crippen molar-refractivity contribution in [3.05, 3.63) is 28.3 Å². The molecule has 0 fully saturated rings. The van der Waals surface area contributed by atoms with Gasteiger partial charge in [-0.3, -0.25) is 4.79 Å². The molecule has 0 spiro atoms. The van der Waals surface area contributed by atoms with Crippen LogP contribution in [0.1, 0.15) is 35.2 Å². The van der Waals surface area contributed by atoms with Gasteiger partial charge in [-0.05, 0) is 29.6 Å². The maximum Gasteiger partial charge on any atom is 0.491 e. The number of halogens is 4. The summed E-state index contributed by atoms with van der Waals surface area (Å²) in [5, 5.41) is 9.70. The Hall–Kier alpha value is -1.05. The lowest BCUT2D eigenvalue weighted by Crippen LogP contribution is -2.29. The number of benzene rings is 1. The van der Waals surface area contributed by atoms with E-state index in [2.05, 4.69) is 0 Å². The van der Waals surface area contributed by atoms with E-state index in [1.807, 2.05) is 0 Å². The minimum absolute atomic E-state index is 0.122. The van der Waals surface area contributed by atoms with Crippen LogP contribution < -0.4 is 5.46 Å². The largest absolute Gasteiger partial charge is 0.491 e. The van der Waals surface area contributed by atoms with Gasteiger partial charge >= 0.3 is 13.3 Å². The fourth-order valence-corrected chi connectivity index (χ4v) is 2.33. The molecule has 1 aromatic carbocycles. The van der Waals surface area contributed by atoms with Crippen molar-refractivity contribution in [3.63, 3.8) is 0 Å². The lowest BCUT2D eigenvalue weighted by molar-refractivity contribution is -0.135. The second-order valence-electron chi connectivity index (χ2n) is 4.59. The monoisotopic (exact) mass is 306 g/mol. The summed E-state index contributed by atoms with van der Waals surface area (Å²) in [5.74, 6) is -0.471. The van der Waals surface area contributed by atoms with Crippen molar-refractivity contribution in [2.45, 2.75) is 32.0 Å². The molecule has 0 radical (unpaired) electrons. The Balaban J connectivity index is 2.09. The number of carbonyl (C=O) groups excluding carboxylic acids is 1. The molecule has 2 rings (SSSR count). The first-order valence-corrected chi connectivity index (χ1v) is 6.37. The van der Waals surface area contributed by atoms with E-state index in [0.29, 0.717) is 11.0 Å². The average Bonchev–Trinajstić information content (AvgIpc) is 2.67. The molecule has 1 aliphatic heterocycles. The van der Waals surface area contributed by atoms with Crippen LogP contribution in [0, 0.1) is 0 Å². The zero-order chi connectivity index (χ0) is 14.9. The average molecular weight is 306 g/mol. The Labute approximate surface area is 118 Å². The van der Waals surface area contributed by atoms with Crippen LogP contribution in [0.5, 0.6) is 0 Å². The van der Waals surface area contributed by atoms with E-state index in [1.165, 1.54) is 12.1 Å². The van der Waals surface area contributed by atoms with Crippen molar-refractivity contribution in [2.75, 3.05) is 0 Å². The van der Waals surface area contributed by atoms with E-state index in [4.69, 9.17) is 16.3 Å². The van der Waals surface area contributed by atoms with E-state index in [9.17, 15) is 23.0 Å². The Kier molecular flexibility index (Phi) is 4.41. The molecule has 0 unspecified atom stereocenters. The molecule has 1 N–H and O–H groups in total. The number of hydrogen-bond donors (Lipinski definition) is 1. The van der Waals surface area contributed by atoms with Crippen LogP contribution in [0.4, 0.5) is 13.2 Å². The lowest BCUT2D eigenvalue weighted by Gasteiger charge is -2.08. The van der Waals surface area contributed by atoms with Gasteiger partial charge in [0.25, 0.3) is 0 Å². The minimum Gasteiger partial charge on any atom is -0.423 e. The molecule has 1 aromatic rings. The topological polar surface area (TPSA) is 46.5 Å². The predicted molar refractivity (Wildman–Crippen MR) is 68.1 cm³/mol. The number of hydrogen-bond acceptors (Lipinski definition) is 3. The quantitative estimate of drug-likeness (QED) is 0.686. The van der Waals surface area contributed by atoms with Gasteiger partial charge in [0.2, 0.25) is 0 Å². The molecule has 108 valence electrons. The first-order valence-electron chi connectivity index (χ1n) is 6.00. The van der Waals surface area contributed by atoms with Gasteiger partial charge in [-0.25, -0.2) is 0 Å². The Morgan fingerprint density at radius 3 is 2.80 bits per heavy atom. The first-order chi connectivity index (χ1) is 9.28. The summed E-state index contributed by atoms with van der Waals surface area (Å²) >= 11 is 5.94. The molecule has 0 aromatic heterocycles. The molecule has 8 heteroatoms. The maximum absolute atomic E-state index is 12.0. The molecule has 20 heavy (non-hydrogen) atoms. The molecular weight excluding hydrogens is 295 g/mol. The first kappa shape index (κ1) is 15.3.